The van der Waals surface area contributed by atoms with Crippen LogP contribution in [-0.4, -0.2) is 109 Å². The monoisotopic (exact) mass is 585 g/mol. The Bertz CT molecular complexity index is 1120. The van der Waals surface area contributed by atoms with Gasteiger partial charge < -0.3 is 30.3 Å². The van der Waals surface area contributed by atoms with E-state index in [4.69, 9.17) is 4.74 Å². The first-order chi connectivity index (χ1) is 20.0. The molecule has 0 saturated carbocycles. The summed E-state index contributed by atoms with van der Waals surface area (Å²) in [7, 11) is 0. The van der Waals surface area contributed by atoms with E-state index in [1.807, 2.05) is 39.0 Å². The highest BCUT2D eigenvalue weighted by molar-refractivity contribution is 5.88. The molecule has 2 bridgehead atoms. The standard InChI is InChI=1S/C31H47N5O6/c1-31(2,3)17-27(38)33-11-13-36-21-28(39)32-10-8-23-18-34(19-24-6-4-5-7-25(24)37)12-9-22(23)16-29(40)35-14-15-42-26(20-35)30(36)41/h4-7,22-23,26,37H,8-21H2,1-3H3,(H,32,39)(H,33,38)/t22-,23-,26-/m0/s1. The summed E-state index contributed by atoms with van der Waals surface area (Å²) in [5.41, 5.74) is 0.716. The highest BCUT2D eigenvalue weighted by atomic mass is 16.5. The van der Waals surface area contributed by atoms with E-state index in [-0.39, 0.29) is 79.4 Å². The maximum absolute atomic E-state index is 13.5. The number of carbonyl (C=O) groups is 4. The second-order valence-electron chi connectivity index (χ2n) is 13.1. The van der Waals surface area contributed by atoms with Crippen LogP contribution in [0.25, 0.3) is 0 Å². The Labute approximate surface area is 248 Å². The third-order valence-electron chi connectivity index (χ3n) is 8.37. The molecule has 0 unspecified atom stereocenters. The van der Waals surface area contributed by atoms with E-state index in [2.05, 4.69) is 15.5 Å². The average Bonchev–Trinajstić information content (AvgIpc) is 2.93. The van der Waals surface area contributed by atoms with Crippen molar-refractivity contribution in [1.29, 1.82) is 0 Å². The minimum Gasteiger partial charge on any atom is -0.508 e. The summed E-state index contributed by atoms with van der Waals surface area (Å²) in [6.45, 7) is 9.70. The molecule has 3 N–H and O–H groups in total. The zero-order valence-corrected chi connectivity index (χ0v) is 25.3. The number of nitrogens with zero attached hydrogens (tertiary/aromatic N) is 3. The van der Waals surface area contributed by atoms with E-state index in [0.29, 0.717) is 38.9 Å². The third-order valence-corrected chi connectivity index (χ3v) is 8.37. The highest BCUT2D eigenvalue weighted by Gasteiger charge is 2.36. The van der Waals surface area contributed by atoms with Crippen molar-refractivity contribution in [3.8, 4) is 5.75 Å². The molecule has 3 aliphatic heterocycles. The van der Waals surface area contributed by atoms with Crippen LogP contribution in [0.1, 0.15) is 52.0 Å². The highest BCUT2D eigenvalue weighted by Crippen LogP contribution is 2.32. The number of benzene rings is 1. The Hall–Kier alpha value is -3.18. The molecule has 0 aromatic heterocycles. The molecule has 3 aliphatic rings. The van der Waals surface area contributed by atoms with Gasteiger partial charge in [-0.3, -0.25) is 24.1 Å². The predicted octanol–water partition coefficient (Wildman–Crippen LogP) is 1.35. The van der Waals surface area contributed by atoms with Gasteiger partial charge in [0.1, 0.15) is 5.75 Å². The van der Waals surface area contributed by atoms with Gasteiger partial charge in [0.05, 0.1) is 19.7 Å². The van der Waals surface area contributed by atoms with Gasteiger partial charge in [-0.25, -0.2) is 0 Å². The first-order valence-electron chi connectivity index (χ1n) is 15.2. The van der Waals surface area contributed by atoms with Crippen molar-refractivity contribution in [3.63, 3.8) is 0 Å². The van der Waals surface area contributed by atoms with Crippen molar-refractivity contribution in [2.45, 2.75) is 59.1 Å². The van der Waals surface area contributed by atoms with Crippen LogP contribution in [0.4, 0.5) is 0 Å². The molecular weight excluding hydrogens is 538 g/mol. The van der Waals surface area contributed by atoms with Crippen molar-refractivity contribution in [1.82, 2.24) is 25.3 Å². The SMILES string of the molecule is CC(C)(C)CC(=O)NCCN1CC(=O)NCC[C@H]2CN(Cc3ccccc3O)CC[C@H]2CC(=O)N2CCO[C@@H](C2)C1=O. The molecule has 0 aliphatic carbocycles. The molecule has 0 spiro atoms. The lowest BCUT2D eigenvalue weighted by molar-refractivity contribution is -0.156. The number of para-hydroxylation sites is 1. The number of hydrogen-bond acceptors (Lipinski definition) is 7. The maximum Gasteiger partial charge on any atom is 0.254 e. The summed E-state index contributed by atoms with van der Waals surface area (Å²) in [4.78, 5) is 57.7. The smallest absolute Gasteiger partial charge is 0.254 e. The number of likely N-dealkylation sites (tertiary alicyclic amines) is 1. The van der Waals surface area contributed by atoms with Crippen molar-refractivity contribution in [3.05, 3.63) is 29.8 Å². The van der Waals surface area contributed by atoms with Crippen LogP contribution in [0, 0.1) is 17.3 Å². The number of hydrogen-bond donors (Lipinski definition) is 3. The number of amides is 4. The van der Waals surface area contributed by atoms with E-state index >= 15 is 0 Å². The van der Waals surface area contributed by atoms with Crippen LogP contribution >= 0.6 is 0 Å². The van der Waals surface area contributed by atoms with Gasteiger partial charge in [0.2, 0.25) is 17.7 Å². The molecule has 3 saturated heterocycles. The number of aromatic hydroxyl groups is 1. The number of nitrogens with one attached hydrogen (secondary N) is 2. The van der Waals surface area contributed by atoms with Gasteiger partial charge in [-0.15, -0.1) is 0 Å². The predicted molar refractivity (Wildman–Crippen MR) is 157 cm³/mol. The molecule has 11 heteroatoms. The second-order valence-corrected chi connectivity index (χ2v) is 13.1. The molecule has 1 aromatic carbocycles. The van der Waals surface area contributed by atoms with Crippen LogP contribution in [0.15, 0.2) is 24.3 Å². The summed E-state index contributed by atoms with van der Waals surface area (Å²) in [5, 5.41) is 16.1. The molecule has 1 aromatic rings. The molecule has 4 amide bonds. The normalized spacial score (nSPS) is 24.9. The summed E-state index contributed by atoms with van der Waals surface area (Å²) in [5.74, 6) is -0.0350. The van der Waals surface area contributed by atoms with Crippen molar-refractivity contribution < 1.29 is 29.0 Å². The van der Waals surface area contributed by atoms with Gasteiger partial charge in [-0.1, -0.05) is 39.0 Å². The zero-order valence-electron chi connectivity index (χ0n) is 25.3. The lowest BCUT2D eigenvalue weighted by Crippen LogP contribution is -2.55. The van der Waals surface area contributed by atoms with Crippen molar-refractivity contribution in [2.24, 2.45) is 17.3 Å². The van der Waals surface area contributed by atoms with Crippen LogP contribution in [0.3, 0.4) is 0 Å². The fourth-order valence-electron chi connectivity index (χ4n) is 6.13. The minimum atomic E-state index is -0.847. The fourth-order valence-corrected chi connectivity index (χ4v) is 6.13. The number of phenols is 1. The summed E-state index contributed by atoms with van der Waals surface area (Å²) >= 11 is 0. The number of ether oxygens (including phenoxy) is 1. The number of carbonyl (C=O) groups excluding carboxylic acids is 4. The van der Waals surface area contributed by atoms with E-state index in [1.54, 1.807) is 11.0 Å². The van der Waals surface area contributed by atoms with Crippen LogP contribution in [0.2, 0.25) is 0 Å². The molecule has 42 heavy (non-hydrogen) atoms. The fraction of sp³-hybridized carbons (Fsp3) is 0.677. The topological polar surface area (TPSA) is 132 Å². The molecule has 232 valence electrons. The quantitative estimate of drug-likeness (QED) is 0.459. The Morgan fingerprint density at radius 3 is 2.64 bits per heavy atom. The lowest BCUT2D eigenvalue weighted by Gasteiger charge is -2.40. The number of morpholine rings is 1. The molecule has 0 radical (unpaired) electrons. The summed E-state index contributed by atoms with van der Waals surface area (Å²) in [6.07, 6.45) is 1.46. The summed E-state index contributed by atoms with van der Waals surface area (Å²) < 4.78 is 5.78. The van der Waals surface area contributed by atoms with Crippen LogP contribution < -0.4 is 10.6 Å². The van der Waals surface area contributed by atoms with Gasteiger partial charge in [0.25, 0.3) is 5.91 Å². The maximum atomic E-state index is 13.5. The average molecular weight is 586 g/mol. The van der Waals surface area contributed by atoms with Crippen LogP contribution in [0.5, 0.6) is 5.75 Å². The second kappa shape index (κ2) is 14.3. The Morgan fingerprint density at radius 1 is 1.10 bits per heavy atom. The van der Waals surface area contributed by atoms with Crippen molar-refractivity contribution >= 4 is 23.6 Å². The molecule has 11 nitrogen and oxygen atoms in total. The minimum absolute atomic E-state index is 0.0299. The van der Waals surface area contributed by atoms with Crippen molar-refractivity contribution in [2.75, 3.05) is 59.0 Å². The Balaban J connectivity index is 1.43. The largest absolute Gasteiger partial charge is 0.508 e. The zero-order chi connectivity index (χ0) is 30.3. The third kappa shape index (κ3) is 9.16. The lowest BCUT2D eigenvalue weighted by atomic mass is 9.80. The van der Waals surface area contributed by atoms with E-state index in [0.717, 1.165) is 25.1 Å². The summed E-state index contributed by atoms with van der Waals surface area (Å²) in [6, 6.07) is 7.35. The number of rotatable bonds is 6. The molecule has 3 fully saturated rings. The first-order valence-corrected chi connectivity index (χ1v) is 15.2. The Morgan fingerprint density at radius 2 is 1.88 bits per heavy atom. The van der Waals surface area contributed by atoms with E-state index in [1.165, 1.54) is 4.90 Å². The van der Waals surface area contributed by atoms with Crippen LogP contribution in [-0.2, 0) is 30.5 Å². The Kier molecular flexibility index (Phi) is 10.8. The first kappa shape index (κ1) is 31.7. The number of phenolic OH excluding ortho intramolecular Hbond substituents is 1. The van der Waals surface area contributed by atoms with E-state index < -0.39 is 6.10 Å². The molecule has 3 heterocycles. The van der Waals surface area contributed by atoms with E-state index in [9.17, 15) is 24.3 Å². The molecule has 4 rings (SSSR count). The number of fused-ring (bicyclic) bond motifs is 3. The molecular formula is C31H47N5O6. The van der Waals surface area contributed by atoms with Gasteiger partial charge in [-0.05, 0) is 42.7 Å². The molecule has 3 atom stereocenters. The van der Waals surface area contributed by atoms with Gasteiger partial charge >= 0.3 is 0 Å². The van der Waals surface area contributed by atoms with Gasteiger partial charge in [-0.2, -0.15) is 0 Å². The van der Waals surface area contributed by atoms with Gasteiger partial charge in [0.15, 0.2) is 6.10 Å². The van der Waals surface area contributed by atoms with Gasteiger partial charge in [0, 0.05) is 57.7 Å². The number of piperidine rings is 1.